The van der Waals surface area contributed by atoms with Crippen molar-refractivity contribution in [3.63, 3.8) is 0 Å². The van der Waals surface area contributed by atoms with Gasteiger partial charge in [-0.15, -0.1) is 0 Å². The van der Waals surface area contributed by atoms with Gasteiger partial charge in [-0.2, -0.15) is 0 Å². The molecule has 7 heteroatoms. The lowest BCUT2D eigenvalue weighted by Gasteiger charge is -2.10. The molecule has 0 fully saturated rings. The molecule has 4 nitrogen and oxygen atoms in total. The molecule has 0 aromatic carbocycles. The molecule has 0 unspecified atom stereocenters. The van der Waals surface area contributed by atoms with Crippen molar-refractivity contribution >= 4 is 28.6 Å². The molecule has 0 atom stereocenters. The number of rotatable bonds is 4. The molecule has 0 amide bonds. The van der Waals surface area contributed by atoms with Gasteiger partial charge in [-0.05, 0) is 41.1 Å². The second kappa shape index (κ2) is 6.20. The highest BCUT2D eigenvalue weighted by Crippen LogP contribution is 2.24. The highest BCUT2D eigenvalue weighted by Gasteiger charge is 2.21. The largest absolute Gasteiger partial charge is 0.461 e. The minimum atomic E-state index is -2.77. The van der Waals surface area contributed by atoms with E-state index in [2.05, 4.69) is 4.98 Å². The first kappa shape index (κ1) is 14.2. The second-order valence-corrected chi connectivity index (χ2v) is 4.25. The van der Waals surface area contributed by atoms with Gasteiger partial charge in [0.1, 0.15) is 5.69 Å². The molecule has 0 aliphatic carbocycles. The van der Waals surface area contributed by atoms with Crippen LogP contribution in [-0.2, 0) is 11.3 Å². The number of aromatic nitrogens is 1. The van der Waals surface area contributed by atoms with Gasteiger partial charge in [0.15, 0.2) is 5.69 Å². The zero-order valence-corrected chi connectivity index (χ0v) is 11.2. The number of esters is 1. The molecule has 0 spiro atoms. The van der Waals surface area contributed by atoms with Crippen LogP contribution in [0.1, 0.15) is 35.1 Å². The smallest absolute Gasteiger partial charge is 0.358 e. The van der Waals surface area contributed by atoms with E-state index in [0.717, 1.165) is 0 Å². The van der Waals surface area contributed by atoms with Gasteiger partial charge in [-0.3, -0.25) is 0 Å². The van der Waals surface area contributed by atoms with Gasteiger partial charge < -0.3 is 10.5 Å². The van der Waals surface area contributed by atoms with Crippen molar-refractivity contribution in [2.24, 2.45) is 5.73 Å². The van der Waals surface area contributed by atoms with Crippen molar-refractivity contribution in [1.82, 2.24) is 4.98 Å². The number of carbonyl (C=O) groups excluding carboxylic acids is 1. The molecule has 1 rings (SSSR count). The van der Waals surface area contributed by atoms with Crippen LogP contribution in [0.3, 0.4) is 0 Å². The van der Waals surface area contributed by atoms with E-state index in [1.54, 1.807) is 6.92 Å². The lowest BCUT2D eigenvalue weighted by atomic mass is 10.1. The third kappa shape index (κ3) is 3.32. The fourth-order valence-corrected chi connectivity index (χ4v) is 1.95. The molecular weight excluding hydrogens is 345 g/mol. The zero-order chi connectivity index (χ0) is 13.0. The minimum absolute atomic E-state index is 0.0498. The van der Waals surface area contributed by atoms with Gasteiger partial charge in [-0.1, -0.05) is 0 Å². The number of ether oxygens (including phenoxy) is 1. The first-order valence-corrected chi connectivity index (χ1v) is 5.93. The van der Waals surface area contributed by atoms with Gasteiger partial charge in [0, 0.05) is 10.1 Å². The van der Waals surface area contributed by atoms with E-state index in [9.17, 15) is 13.6 Å². The van der Waals surface area contributed by atoms with E-state index in [1.165, 1.54) is 6.07 Å². The fraction of sp³-hybridized carbons (Fsp3) is 0.400. The molecule has 1 heterocycles. The normalized spacial score (nSPS) is 10.7. The first-order chi connectivity index (χ1) is 8.01. The van der Waals surface area contributed by atoms with Gasteiger partial charge in [0.2, 0.25) is 0 Å². The maximum Gasteiger partial charge on any atom is 0.358 e. The lowest BCUT2D eigenvalue weighted by molar-refractivity contribution is 0.0516. The van der Waals surface area contributed by atoms with E-state index in [0.29, 0.717) is 3.57 Å². The van der Waals surface area contributed by atoms with Crippen LogP contribution >= 0.6 is 22.6 Å². The van der Waals surface area contributed by atoms with E-state index < -0.39 is 18.1 Å². The number of pyridine rings is 1. The molecule has 0 aliphatic rings. The summed E-state index contributed by atoms with van der Waals surface area (Å²) in [5.41, 5.74) is 5.02. The molecular formula is C10H11F2IN2O2. The number of nitrogens with zero attached hydrogens (tertiary/aromatic N) is 1. The van der Waals surface area contributed by atoms with Crippen LogP contribution in [0.4, 0.5) is 8.78 Å². The third-order valence-electron chi connectivity index (χ3n) is 1.98. The average molecular weight is 356 g/mol. The topological polar surface area (TPSA) is 65.2 Å². The van der Waals surface area contributed by atoms with Crippen LogP contribution in [0, 0.1) is 3.57 Å². The Balaban J connectivity index is 3.24. The summed E-state index contributed by atoms with van der Waals surface area (Å²) in [6, 6.07) is 1.43. The van der Waals surface area contributed by atoms with Gasteiger partial charge in [0.25, 0.3) is 6.43 Å². The number of carbonyl (C=O) groups is 1. The Hall–Kier alpha value is -0.830. The van der Waals surface area contributed by atoms with Crippen LogP contribution in [0.5, 0.6) is 0 Å². The summed E-state index contributed by atoms with van der Waals surface area (Å²) < 4.78 is 30.6. The lowest BCUT2D eigenvalue weighted by Crippen LogP contribution is -2.14. The summed E-state index contributed by atoms with van der Waals surface area (Å²) in [5.74, 6) is -0.706. The highest BCUT2D eigenvalue weighted by atomic mass is 127. The predicted octanol–water partition coefficient (Wildman–Crippen LogP) is 2.26. The number of hydrogen-bond acceptors (Lipinski definition) is 4. The highest BCUT2D eigenvalue weighted by molar-refractivity contribution is 14.1. The summed E-state index contributed by atoms with van der Waals surface area (Å²) in [5, 5.41) is 0. The van der Waals surface area contributed by atoms with Crippen LogP contribution in [0.25, 0.3) is 0 Å². The zero-order valence-electron chi connectivity index (χ0n) is 9.04. The van der Waals surface area contributed by atoms with Crippen LogP contribution in [0.15, 0.2) is 6.07 Å². The fourth-order valence-electron chi connectivity index (χ4n) is 1.24. The number of nitrogens with two attached hydrogens (primary N) is 1. The maximum absolute atomic E-state index is 12.7. The summed E-state index contributed by atoms with van der Waals surface area (Å²) >= 11 is 1.84. The van der Waals surface area contributed by atoms with E-state index in [-0.39, 0.29) is 24.4 Å². The number of halogens is 3. The van der Waals surface area contributed by atoms with Crippen LogP contribution in [-0.4, -0.2) is 17.6 Å². The standard InChI is InChI=1S/C10H11F2IN2O2/c1-2-17-10(16)8-6(13)3-5(4-14)7(15-8)9(11)12/h3,9H,2,4,14H2,1H3. The quantitative estimate of drug-likeness (QED) is 0.664. The molecule has 94 valence electrons. The van der Waals surface area contributed by atoms with E-state index >= 15 is 0 Å². The average Bonchev–Trinajstić information content (AvgIpc) is 2.28. The van der Waals surface area contributed by atoms with Gasteiger partial charge in [-0.25, -0.2) is 18.6 Å². The van der Waals surface area contributed by atoms with Gasteiger partial charge in [0.05, 0.1) is 6.61 Å². The van der Waals surface area contributed by atoms with Crippen molar-refractivity contribution in [2.45, 2.75) is 19.9 Å². The summed E-state index contributed by atoms with van der Waals surface area (Å²) in [7, 11) is 0. The van der Waals surface area contributed by atoms with Gasteiger partial charge >= 0.3 is 5.97 Å². The SMILES string of the molecule is CCOC(=O)c1nc(C(F)F)c(CN)cc1I. The van der Waals surface area contributed by atoms with Crippen molar-refractivity contribution in [2.75, 3.05) is 6.61 Å². The predicted molar refractivity (Wildman–Crippen MR) is 65.8 cm³/mol. The molecule has 17 heavy (non-hydrogen) atoms. The van der Waals surface area contributed by atoms with Crippen LogP contribution in [0.2, 0.25) is 0 Å². The summed E-state index contributed by atoms with van der Waals surface area (Å²) in [6.45, 7) is 1.75. The molecule has 1 aromatic rings. The molecule has 2 N–H and O–H groups in total. The second-order valence-electron chi connectivity index (χ2n) is 3.09. The summed E-state index contributed by atoms with van der Waals surface area (Å²) in [6.07, 6.45) is -2.77. The Morgan fingerprint density at radius 2 is 2.29 bits per heavy atom. The Morgan fingerprint density at radius 1 is 1.65 bits per heavy atom. The molecule has 0 aliphatic heterocycles. The van der Waals surface area contributed by atoms with Crippen molar-refractivity contribution in [3.8, 4) is 0 Å². The number of hydrogen-bond donors (Lipinski definition) is 1. The Labute approximate surface area is 111 Å². The van der Waals surface area contributed by atoms with E-state index in [4.69, 9.17) is 10.5 Å². The molecule has 0 radical (unpaired) electrons. The molecule has 0 saturated heterocycles. The maximum atomic E-state index is 12.7. The number of alkyl halides is 2. The van der Waals surface area contributed by atoms with Crippen molar-refractivity contribution < 1.29 is 18.3 Å². The first-order valence-electron chi connectivity index (χ1n) is 4.85. The van der Waals surface area contributed by atoms with Crippen LogP contribution < -0.4 is 5.73 Å². The Kier molecular flexibility index (Phi) is 5.19. The Morgan fingerprint density at radius 3 is 2.76 bits per heavy atom. The van der Waals surface area contributed by atoms with E-state index in [1.807, 2.05) is 22.6 Å². The third-order valence-corrected chi connectivity index (χ3v) is 2.81. The van der Waals surface area contributed by atoms with Crippen molar-refractivity contribution in [1.29, 1.82) is 0 Å². The van der Waals surface area contributed by atoms with Crippen molar-refractivity contribution in [3.05, 3.63) is 26.6 Å². The molecule has 0 bridgehead atoms. The monoisotopic (exact) mass is 356 g/mol. The molecule has 1 aromatic heterocycles. The minimum Gasteiger partial charge on any atom is -0.461 e. The summed E-state index contributed by atoms with van der Waals surface area (Å²) in [4.78, 5) is 15.1. The molecule has 0 saturated carbocycles. The Bertz CT molecular complexity index is 427.